The van der Waals surface area contributed by atoms with Crippen molar-refractivity contribution in [2.75, 3.05) is 26.3 Å². The summed E-state index contributed by atoms with van der Waals surface area (Å²) in [6, 6.07) is 35.8. The SMILES string of the molecule is CC(C)c1ccc(Oc2cc3c4c(cc(Oc5ccc(C(C)C)cc5)c5c6c(Oc7ccc(C(C)C)cc7)cc7c8c(cc(Oc9ccc(C(C)C)cc9)c(c2c45)c86)C(=O)N(C(C(=O)NC2CCCC(NCC4CO4)C2)C2CCCC2)C7=O)C(=O)N(C(C(=O)NC2CCCC(NCC4CO4)C2)C2CCCC2)C3=O)cc1. The number of nitrogens with zero attached hydrogens (tertiary/aromatic N) is 2. The Bertz CT molecular complexity index is 4480. The highest BCUT2D eigenvalue weighted by Crippen LogP contribution is 2.59. The van der Waals surface area contributed by atoms with Gasteiger partial charge >= 0.3 is 0 Å². The number of rotatable bonds is 26. The van der Waals surface area contributed by atoms with Gasteiger partial charge in [0, 0.05) is 80.3 Å². The minimum atomic E-state index is -1.17. The van der Waals surface area contributed by atoms with Crippen molar-refractivity contribution < 1.29 is 57.2 Å². The molecule has 110 heavy (non-hydrogen) atoms. The number of carbonyl (C=O) groups excluding carboxylic acids is 6. The van der Waals surface area contributed by atoms with Crippen molar-refractivity contribution in [3.63, 3.8) is 0 Å². The fourth-order valence-electron chi connectivity index (χ4n) is 18.7. The van der Waals surface area contributed by atoms with E-state index in [1.165, 1.54) is 9.80 Å². The van der Waals surface area contributed by atoms with Crippen molar-refractivity contribution in [1.82, 2.24) is 31.1 Å². The van der Waals surface area contributed by atoms with Crippen LogP contribution in [0.4, 0.5) is 0 Å². The Morgan fingerprint density at radius 3 is 0.882 bits per heavy atom. The molecule has 8 atom stereocenters. The molecule has 9 aromatic carbocycles. The number of fused-ring (bicyclic) bond motifs is 2. The molecule has 0 spiro atoms. The predicted molar refractivity (Wildman–Crippen MR) is 426 cm³/mol. The van der Waals surface area contributed by atoms with Gasteiger partial charge in [0.05, 0.1) is 47.7 Å². The van der Waals surface area contributed by atoms with E-state index in [0.29, 0.717) is 93.8 Å². The van der Waals surface area contributed by atoms with Gasteiger partial charge in [-0.05, 0) is 208 Å². The topological polar surface area (TPSA) is 219 Å². The van der Waals surface area contributed by atoms with Crippen LogP contribution in [-0.4, -0.2) is 120 Å². The molecule has 4 aliphatic heterocycles. The number of benzene rings is 9. The smallest absolute Gasteiger partial charge is 0.262 e. The summed E-state index contributed by atoms with van der Waals surface area (Å²) in [5, 5.41) is 17.1. The van der Waals surface area contributed by atoms with E-state index in [2.05, 4.69) is 76.7 Å². The molecule has 4 saturated carbocycles. The highest BCUT2D eigenvalue weighted by atomic mass is 16.6. The van der Waals surface area contributed by atoms with Crippen molar-refractivity contribution in [3.8, 4) is 46.0 Å². The molecule has 4 N–H and O–H groups in total. The molecule has 8 aliphatic rings. The standard InChI is InChI=1S/C92H102N6O12/c1-49(2)53-23-31-63(32-24-53)107-73-41-69-77-70(90(102)97(89(69)101)85(57-15-9-10-16-57)87(99)95-61-21-13-19-59(39-61)93-45-67-47-105-67)43-75(109-65-35-27-55(28-36-65)51(5)6)81-82-76(110-66-37-29-56(30-38-66)52(7)8)44-72-78-71(42-74(80(84(78)82)79(73)83(77)81)108-64-33-25-54(26-34-64)50(3)4)91(103)98(92(72)104)86(58-17-11-12-18-58)88(100)96-62-22-14-20-60(40-62)94-46-68-48-106-68/h23-38,41-44,49-52,57-62,67-68,85-86,93-94H,9-22,39-40,45-48H2,1-8H3,(H,95,99)(H,96,100). The molecule has 0 aromatic heterocycles. The van der Waals surface area contributed by atoms with Gasteiger partial charge in [-0.15, -0.1) is 0 Å². The average molecular weight is 1480 g/mol. The van der Waals surface area contributed by atoms with Gasteiger partial charge in [-0.3, -0.25) is 38.6 Å². The van der Waals surface area contributed by atoms with Gasteiger partial charge in [-0.1, -0.05) is 130 Å². The van der Waals surface area contributed by atoms with Gasteiger partial charge < -0.3 is 49.7 Å². The number of nitrogens with one attached hydrogen (secondary N) is 4. The lowest BCUT2D eigenvalue weighted by molar-refractivity contribution is -0.128. The number of ether oxygens (including phenoxy) is 6. The van der Waals surface area contributed by atoms with Gasteiger partial charge in [0.25, 0.3) is 23.6 Å². The number of carbonyl (C=O) groups is 6. The minimum absolute atomic E-state index is 0.124. The van der Waals surface area contributed by atoms with Crippen molar-refractivity contribution >= 4 is 78.5 Å². The molecule has 9 aromatic rings. The van der Waals surface area contributed by atoms with E-state index >= 15 is 28.8 Å². The summed E-state index contributed by atoms with van der Waals surface area (Å²) in [7, 11) is 0. The molecular weight excluding hydrogens is 1380 g/mol. The van der Waals surface area contributed by atoms with Crippen LogP contribution in [0, 0.1) is 11.8 Å². The van der Waals surface area contributed by atoms with Gasteiger partial charge in [-0.25, -0.2) is 0 Å². The number of hydrogen-bond acceptors (Lipinski definition) is 14. The highest BCUT2D eigenvalue weighted by molar-refractivity contribution is 6.45. The van der Waals surface area contributed by atoms with E-state index < -0.39 is 35.7 Å². The molecule has 18 nitrogen and oxygen atoms in total. The third-order valence-corrected chi connectivity index (χ3v) is 25.0. The quantitative estimate of drug-likeness (QED) is 0.0172. The molecule has 17 rings (SSSR count). The zero-order valence-corrected chi connectivity index (χ0v) is 64.6. The number of imide groups is 2. The van der Waals surface area contributed by atoms with Crippen LogP contribution in [0.3, 0.4) is 0 Å². The maximum atomic E-state index is 16.8. The van der Waals surface area contributed by atoms with Crippen molar-refractivity contribution in [2.45, 2.75) is 230 Å². The van der Waals surface area contributed by atoms with Gasteiger partial charge in [-0.2, -0.15) is 0 Å². The van der Waals surface area contributed by atoms with Crippen LogP contribution in [0.5, 0.6) is 46.0 Å². The minimum Gasteiger partial charge on any atom is -0.457 e. The molecule has 4 heterocycles. The maximum Gasteiger partial charge on any atom is 0.262 e. The van der Waals surface area contributed by atoms with Crippen LogP contribution >= 0.6 is 0 Å². The first-order chi connectivity index (χ1) is 53.3. The third kappa shape index (κ3) is 14.2. The molecule has 572 valence electrons. The highest BCUT2D eigenvalue weighted by Gasteiger charge is 2.50. The molecule has 2 saturated heterocycles. The van der Waals surface area contributed by atoms with E-state index in [-0.39, 0.29) is 140 Å². The molecule has 0 radical (unpaired) electrons. The Morgan fingerprint density at radius 1 is 0.364 bits per heavy atom. The third-order valence-electron chi connectivity index (χ3n) is 25.0. The first-order valence-corrected chi connectivity index (χ1v) is 40.8. The molecule has 6 amide bonds. The zero-order chi connectivity index (χ0) is 75.9. The first-order valence-electron chi connectivity index (χ1n) is 40.8. The van der Waals surface area contributed by atoms with Crippen LogP contribution in [0.25, 0.3) is 43.1 Å². The second kappa shape index (κ2) is 30.3. The van der Waals surface area contributed by atoms with Crippen LogP contribution in [0.15, 0.2) is 121 Å². The zero-order valence-electron chi connectivity index (χ0n) is 64.6. The predicted octanol–water partition coefficient (Wildman–Crippen LogP) is 18.5. The van der Waals surface area contributed by atoms with E-state index in [9.17, 15) is 0 Å². The van der Waals surface area contributed by atoms with Gasteiger partial charge in [0.15, 0.2) is 0 Å². The Hall–Kier alpha value is -9.46. The van der Waals surface area contributed by atoms with Gasteiger partial charge in [0.2, 0.25) is 11.8 Å². The van der Waals surface area contributed by atoms with Gasteiger partial charge in [0.1, 0.15) is 58.1 Å². The summed E-state index contributed by atoms with van der Waals surface area (Å²) in [6.07, 6.45) is 12.9. The lowest BCUT2D eigenvalue weighted by Crippen LogP contribution is -2.58. The molecule has 18 heteroatoms. The second-order valence-corrected chi connectivity index (χ2v) is 33.8. The average Bonchev–Trinajstić information content (AvgIpc) is 0.822. The first kappa shape index (κ1) is 73.3. The second-order valence-electron chi connectivity index (χ2n) is 33.8. The van der Waals surface area contributed by atoms with Crippen LogP contribution in [-0.2, 0) is 19.1 Å². The van der Waals surface area contributed by atoms with Crippen LogP contribution in [0.2, 0.25) is 0 Å². The molecule has 6 fully saturated rings. The van der Waals surface area contributed by atoms with E-state index in [4.69, 9.17) is 28.4 Å². The number of amides is 6. The van der Waals surface area contributed by atoms with Crippen molar-refractivity contribution in [2.24, 2.45) is 11.8 Å². The summed E-state index contributed by atoms with van der Waals surface area (Å²) >= 11 is 0. The lowest BCUT2D eigenvalue weighted by atomic mass is 9.79. The van der Waals surface area contributed by atoms with E-state index in [0.717, 1.165) is 113 Å². The Balaban J connectivity index is 0.937. The molecular formula is C92H102N6O12. The summed E-state index contributed by atoms with van der Waals surface area (Å²) < 4.78 is 40.9. The Labute approximate surface area is 643 Å². The van der Waals surface area contributed by atoms with Crippen LogP contribution < -0.4 is 40.2 Å². The lowest BCUT2D eigenvalue weighted by Gasteiger charge is -2.39. The summed E-state index contributed by atoms with van der Waals surface area (Å²) in [5.41, 5.74) is 4.78. The number of epoxide rings is 2. The molecule has 4 aliphatic carbocycles. The molecule has 8 unspecified atom stereocenters. The Kier molecular flexibility index (Phi) is 20.2. The van der Waals surface area contributed by atoms with E-state index in [1.807, 2.05) is 97.1 Å². The number of hydrogen-bond donors (Lipinski definition) is 4. The van der Waals surface area contributed by atoms with Crippen molar-refractivity contribution in [1.29, 1.82) is 0 Å². The summed E-state index contributed by atoms with van der Waals surface area (Å²) in [4.78, 5) is 101. The summed E-state index contributed by atoms with van der Waals surface area (Å²) in [6.45, 7) is 20.0. The normalized spacial score (nSPS) is 22.1. The fourth-order valence-corrected chi connectivity index (χ4v) is 18.7. The molecule has 0 bridgehead atoms. The van der Waals surface area contributed by atoms with Crippen LogP contribution in [0.1, 0.15) is 245 Å². The summed E-state index contributed by atoms with van der Waals surface area (Å²) in [5.74, 6) is -0.848. The van der Waals surface area contributed by atoms with E-state index in [1.54, 1.807) is 24.3 Å². The van der Waals surface area contributed by atoms with Crippen molar-refractivity contribution in [3.05, 3.63) is 166 Å². The Morgan fingerprint density at radius 2 is 0.627 bits per heavy atom. The largest absolute Gasteiger partial charge is 0.457 e. The monoisotopic (exact) mass is 1480 g/mol. The maximum absolute atomic E-state index is 16.8. The fraction of sp³-hybridized carbons (Fsp3) is 0.457.